The van der Waals surface area contributed by atoms with Crippen LogP contribution in [0.25, 0.3) is 0 Å². The lowest BCUT2D eigenvalue weighted by Gasteiger charge is -2.26. The van der Waals surface area contributed by atoms with Gasteiger partial charge in [0.1, 0.15) is 0 Å². The molecule has 1 amide bonds. The molecule has 2 fully saturated rings. The zero-order chi connectivity index (χ0) is 19.2. The first-order valence-electron chi connectivity index (χ1n) is 10.1. The summed E-state index contributed by atoms with van der Waals surface area (Å²) in [5.74, 6) is -0.182. The van der Waals surface area contributed by atoms with Crippen molar-refractivity contribution in [2.45, 2.75) is 32.0 Å². The van der Waals surface area contributed by atoms with E-state index in [4.69, 9.17) is 4.74 Å². The lowest BCUT2D eigenvalue weighted by Crippen LogP contribution is -2.35. The standard InChI is InChI=1S/C20H28N6O2/c27-20(19-15-26(24-23-19)18-4-6-21-7-5-18)22-13-16-2-1-3-17(12-16)14-25-8-10-28-11-9-25/h1-3,12,15,18,21H,4-11,13-14H2,(H,22,27). The summed E-state index contributed by atoms with van der Waals surface area (Å²) in [5.41, 5.74) is 2.72. The van der Waals surface area contributed by atoms with Gasteiger partial charge in [0.15, 0.2) is 5.69 Å². The number of morpholine rings is 1. The highest BCUT2D eigenvalue weighted by atomic mass is 16.5. The number of carbonyl (C=O) groups is 1. The van der Waals surface area contributed by atoms with E-state index in [2.05, 4.69) is 38.0 Å². The summed E-state index contributed by atoms with van der Waals surface area (Å²) in [4.78, 5) is 14.8. The number of hydrogen-bond acceptors (Lipinski definition) is 6. The topological polar surface area (TPSA) is 84.3 Å². The number of amides is 1. The van der Waals surface area contributed by atoms with E-state index in [-0.39, 0.29) is 5.91 Å². The average molecular weight is 384 g/mol. The molecular formula is C20H28N6O2. The van der Waals surface area contributed by atoms with E-state index >= 15 is 0 Å². The third-order valence-electron chi connectivity index (χ3n) is 5.38. The van der Waals surface area contributed by atoms with Crippen molar-refractivity contribution in [3.8, 4) is 0 Å². The number of rotatable bonds is 6. The molecule has 0 saturated carbocycles. The summed E-state index contributed by atoms with van der Waals surface area (Å²) >= 11 is 0. The average Bonchev–Trinajstić information content (AvgIpc) is 3.24. The van der Waals surface area contributed by atoms with Crippen LogP contribution < -0.4 is 10.6 Å². The molecule has 2 aliphatic heterocycles. The molecule has 2 aliphatic rings. The van der Waals surface area contributed by atoms with Crippen LogP contribution in [0.5, 0.6) is 0 Å². The molecule has 4 rings (SSSR count). The van der Waals surface area contributed by atoms with E-state index in [9.17, 15) is 4.79 Å². The van der Waals surface area contributed by atoms with Crippen molar-refractivity contribution in [1.82, 2.24) is 30.5 Å². The van der Waals surface area contributed by atoms with Crippen LogP contribution in [0.1, 0.15) is 40.5 Å². The minimum atomic E-state index is -0.182. The van der Waals surface area contributed by atoms with Crippen LogP contribution in [0, 0.1) is 0 Å². The Kier molecular flexibility index (Phi) is 6.31. The largest absolute Gasteiger partial charge is 0.379 e. The first-order chi connectivity index (χ1) is 13.8. The molecule has 0 radical (unpaired) electrons. The Morgan fingerprint density at radius 2 is 2.00 bits per heavy atom. The number of piperidine rings is 1. The van der Waals surface area contributed by atoms with E-state index in [0.717, 1.165) is 64.3 Å². The van der Waals surface area contributed by atoms with Crippen molar-refractivity contribution in [3.63, 3.8) is 0 Å². The lowest BCUT2D eigenvalue weighted by molar-refractivity contribution is 0.0342. The number of hydrogen-bond donors (Lipinski definition) is 2. The van der Waals surface area contributed by atoms with Crippen LogP contribution >= 0.6 is 0 Å². The molecule has 1 aromatic carbocycles. The first kappa shape index (κ1) is 19.0. The summed E-state index contributed by atoms with van der Waals surface area (Å²) in [6, 6.07) is 8.69. The molecule has 28 heavy (non-hydrogen) atoms. The summed E-state index contributed by atoms with van der Waals surface area (Å²) in [7, 11) is 0. The van der Waals surface area contributed by atoms with Gasteiger partial charge in [-0.3, -0.25) is 9.69 Å². The quantitative estimate of drug-likeness (QED) is 0.772. The zero-order valence-electron chi connectivity index (χ0n) is 16.1. The Bertz CT molecular complexity index is 781. The third kappa shape index (κ3) is 4.95. The van der Waals surface area contributed by atoms with E-state index in [1.54, 1.807) is 6.20 Å². The molecule has 2 aromatic rings. The Labute approximate surface area is 165 Å². The number of carbonyl (C=O) groups excluding carboxylic acids is 1. The predicted octanol–water partition coefficient (Wildman–Crippen LogP) is 0.965. The monoisotopic (exact) mass is 384 g/mol. The molecule has 150 valence electrons. The SMILES string of the molecule is O=C(NCc1cccc(CN2CCOCC2)c1)c1cn(C2CCNCC2)nn1. The number of benzene rings is 1. The van der Waals surface area contributed by atoms with Gasteiger partial charge in [0.2, 0.25) is 0 Å². The van der Waals surface area contributed by atoms with E-state index in [0.29, 0.717) is 18.3 Å². The van der Waals surface area contributed by atoms with Crippen LogP contribution in [0.4, 0.5) is 0 Å². The van der Waals surface area contributed by atoms with Crippen LogP contribution in [-0.4, -0.2) is 65.2 Å². The minimum Gasteiger partial charge on any atom is -0.379 e. The normalized spacial score (nSPS) is 18.9. The molecule has 8 heteroatoms. The van der Waals surface area contributed by atoms with Gasteiger partial charge in [-0.15, -0.1) is 5.10 Å². The fourth-order valence-electron chi connectivity index (χ4n) is 3.76. The van der Waals surface area contributed by atoms with Crippen LogP contribution in [0.15, 0.2) is 30.5 Å². The van der Waals surface area contributed by atoms with Gasteiger partial charge in [-0.05, 0) is 37.1 Å². The van der Waals surface area contributed by atoms with Crippen molar-refractivity contribution in [2.24, 2.45) is 0 Å². The third-order valence-corrected chi connectivity index (χ3v) is 5.38. The van der Waals surface area contributed by atoms with E-state index in [1.165, 1.54) is 5.56 Å². The maximum Gasteiger partial charge on any atom is 0.273 e. The molecule has 0 unspecified atom stereocenters. The van der Waals surface area contributed by atoms with E-state index < -0.39 is 0 Å². The maximum atomic E-state index is 12.5. The molecule has 2 saturated heterocycles. The predicted molar refractivity (Wildman–Crippen MR) is 105 cm³/mol. The highest BCUT2D eigenvalue weighted by Gasteiger charge is 2.18. The number of nitrogens with zero attached hydrogens (tertiary/aromatic N) is 4. The number of aromatic nitrogens is 3. The van der Waals surface area contributed by atoms with Gasteiger partial charge < -0.3 is 15.4 Å². The summed E-state index contributed by atoms with van der Waals surface area (Å²) in [6.45, 7) is 6.88. The second-order valence-corrected chi connectivity index (χ2v) is 7.46. The van der Waals surface area contributed by atoms with Gasteiger partial charge in [-0.2, -0.15) is 0 Å². The molecule has 0 bridgehead atoms. The highest BCUT2D eigenvalue weighted by Crippen LogP contribution is 2.17. The Morgan fingerprint density at radius 3 is 2.82 bits per heavy atom. The fourth-order valence-corrected chi connectivity index (χ4v) is 3.76. The van der Waals surface area contributed by atoms with Crippen molar-refractivity contribution in [2.75, 3.05) is 39.4 Å². The molecule has 8 nitrogen and oxygen atoms in total. The Morgan fingerprint density at radius 1 is 1.21 bits per heavy atom. The van der Waals surface area contributed by atoms with Crippen LogP contribution in [0.2, 0.25) is 0 Å². The lowest BCUT2D eigenvalue weighted by atomic mass is 10.1. The smallest absolute Gasteiger partial charge is 0.273 e. The molecule has 0 atom stereocenters. The Balaban J connectivity index is 1.30. The summed E-state index contributed by atoms with van der Waals surface area (Å²) < 4.78 is 7.24. The minimum absolute atomic E-state index is 0.182. The fraction of sp³-hybridized carbons (Fsp3) is 0.550. The molecule has 2 N–H and O–H groups in total. The van der Waals surface area contributed by atoms with E-state index in [1.807, 2.05) is 16.8 Å². The van der Waals surface area contributed by atoms with Gasteiger partial charge in [-0.1, -0.05) is 29.5 Å². The zero-order valence-corrected chi connectivity index (χ0v) is 16.1. The van der Waals surface area contributed by atoms with Crippen LogP contribution in [-0.2, 0) is 17.8 Å². The van der Waals surface area contributed by atoms with Gasteiger partial charge in [-0.25, -0.2) is 4.68 Å². The molecule has 0 spiro atoms. The van der Waals surface area contributed by atoms with Crippen molar-refractivity contribution >= 4 is 5.91 Å². The van der Waals surface area contributed by atoms with Gasteiger partial charge >= 0.3 is 0 Å². The number of ether oxygens (including phenoxy) is 1. The molecule has 1 aromatic heterocycles. The van der Waals surface area contributed by atoms with Crippen molar-refractivity contribution in [3.05, 3.63) is 47.3 Å². The Hall–Kier alpha value is -2.29. The molecule has 3 heterocycles. The summed E-state index contributed by atoms with van der Waals surface area (Å²) in [5, 5.41) is 14.5. The summed E-state index contributed by atoms with van der Waals surface area (Å²) in [6.07, 6.45) is 3.79. The number of nitrogens with one attached hydrogen (secondary N) is 2. The maximum absolute atomic E-state index is 12.5. The highest BCUT2D eigenvalue weighted by molar-refractivity contribution is 5.91. The first-order valence-corrected chi connectivity index (χ1v) is 10.1. The van der Waals surface area contributed by atoms with Crippen molar-refractivity contribution < 1.29 is 9.53 Å². The van der Waals surface area contributed by atoms with Crippen LogP contribution in [0.3, 0.4) is 0 Å². The van der Waals surface area contributed by atoms with Gasteiger partial charge in [0, 0.05) is 26.2 Å². The van der Waals surface area contributed by atoms with Gasteiger partial charge in [0.25, 0.3) is 5.91 Å². The molecular weight excluding hydrogens is 356 g/mol. The van der Waals surface area contributed by atoms with Gasteiger partial charge in [0.05, 0.1) is 25.5 Å². The molecule has 0 aliphatic carbocycles. The van der Waals surface area contributed by atoms with Crippen molar-refractivity contribution in [1.29, 1.82) is 0 Å². The second kappa shape index (κ2) is 9.27. The second-order valence-electron chi connectivity index (χ2n) is 7.46.